The van der Waals surface area contributed by atoms with E-state index in [4.69, 9.17) is 25.7 Å². The first-order chi connectivity index (χ1) is 22.1. The van der Waals surface area contributed by atoms with E-state index in [1.54, 1.807) is 6.20 Å². The Bertz CT molecular complexity index is 1480. The molecule has 1 aromatic carbocycles. The van der Waals surface area contributed by atoms with Gasteiger partial charge in [0.25, 0.3) is 5.91 Å². The molecular weight excluding hydrogens is 606 g/mol. The summed E-state index contributed by atoms with van der Waals surface area (Å²) in [6.07, 6.45) is 6.47. The molecule has 0 radical (unpaired) electrons. The van der Waals surface area contributed by atoms with Gasteiger partial charge < -0.3 is 29.8 Å². The normalized spacial score (nSPS) is 18.5. The van der Waals surface area contributed by atoms with Crippen LogP contribution in [0, 0.1) is 0 Å². The average Bonchev–Trinajstić information content (AvgIpc) is 3.55. The molecule has 248 valence electrons. The van der Waals surface area contributed by atoms with E-state index in [-0.39, 0.29) is 24.6 Å². The van der Waals surface area contributed by atoms with Crippen molar-refractivity contribution in [2.45, 2.75) is 77.3 Å². The van der Waals surface area contributed by atoms with Crippen molar-refractivity contribution in [3.05, 3.63) is 64.3 Å². The number of piperazine rings is 1. The van der Waals surface area contributed by atoms with Gasteiger partial charge in [0.15, 0.2) is 12.2 Å². The summed E-state index contributed by atoms with van der Waals surface area (Å²) in [5, 5.41) is 18.0. The van der Waals surface area contributed by atoms with Gasteiger partial charge in [0.1, 0.15) is 24.0 Å². The Morgan fingerprint density at radius 2 is 1.98 bits per heavy atom. The third-order valence-electron chi connectivity index (χ3n) is 9.28. The number of nitrogens with one attached hydrogen (secondary N) is 2. The van der Waals surface area contributed by atoms with Crippen LogP contribution in [0.1, 0.15) is 67.3 Å². The summed E-state index contributed by atoms with van der Waals surface area (Å²) in [7, 11) is 0. The molecule has 1 saturated heterocycles. The fourth-order valence-corrected chi connectivity index (χ4v) is 6.64. The fraction of sp³-hybridized carbons (Fsp3) is 0.559. The minimum absolute atomic E-state index is 0.126. The van der Waals surface area contributed by atoms with E-state index < -0.39 is 6.10 Å². The molecule has 11 nitrogen and oxygen atoms in total. The monoisotopic (exact) mass is 651 g/mol. The van der Waals surface area contributed by atoms with Gasteiger partial charge in [-0.05, 0) is 75.8 Å². The second-order valence-corrected chi connectivity index (χ2v) is 14.0. The highest BCUT2D eigenvalue weighted by Crippen LogP contribution is 2.34. The van der Waals surface area contributed by atoms with E-state index in [1.807, 2.05) is 24.3 Å². The third kappa shape index (κ3) is 7.94. The molecule has 2 aliphatic heterocycles. The third-order valence-corrected chi connectivity index (χ3v) is 9.70. The Balaban J connectivity index is 1.03. The number of aromatic nitrogens is 2. The van der Waals surface area contributed by atoms with Gasteiger partial charge in [-0.3, -0.25) is 14.6 Å². The second-order valence-electron chi connectivity index (χ2n) is 13.6. The zero-order chi connectivity index (χ0) is 32.3. The van der Waals surface area contributed by atoms with Gasteiger partial charge in [-0.15, -0.1) is 0 Å². The van der Waals surface area contributed by atoms with Crippen LogP contribution in [-0.4, -0.2) is 94.3 Å². The van der Waals surface area contributed by atoms with Crippen molar-refractivity contribution in [1.82, 2.24) is 25.1 Å². The van der Waals surface area contributed by atoms with Crippen LogP contribution in [0.4, 0.5) is 11.6 Å². The second kappa shape index (κ2) is 14.2. The highest BCUT2D eigenvalue weighted by molar-refractivity contribution is 6.33. The predicted octanol–water partition coefficient (Wildman–Crippen LogP) is 4.34. The van der Waals surface area contributed by atoms with Crippen LogP contribution < -0.4 is 20.3 Å². The molecular formula is C34H46ClN7O4. The predicted molar refractivity (Wildman–Crippen MR) is 179 cm³/mol. The maximum atomic E-state index is 13.4. The zero-order valence-corrected chi connectivity index (χ0v) is 27.9. The number of halogens is 1. The summed E-state index contributed by atoms with van der Waals surface area (Å²) in [6, 6.07) is 8.02. The Kier molecular flexibility index (Phi) is 10.0. The topological polar surface area (TPSA) is 119 Å². The average molecular weight is 652 g/mol. The number of anilines is 2. The number of hydrogen-bond donors (Lipinski definition) is 3. The molecule has 0 spiro atoms. The van der Waals surface area contributed by atoms with E-state index in [0.29, 0.717) is 41.2 Å². The van der Waals surface area contributed by atoms with Gasteiger partial charge in [-0.25, -0.2) is 9.97 Å². The van der Waals surface area contributed by atoms with Crippen LogP contribution in [0.5, 0.6) is 5.75 Å². The summed E-state index contributed by atoms with van der Waals surface area (Å²) >= 11 is 6.70. The van der Waals surface area contributed by atoms with E-state index in [0.717, 1.165) is 74.7 Å². The van der Waals surface area contributed by atoms with Crippen LogP contribution in [0.2, 0.25) is 5.02 Å². The van der Waals surface area contributed by atoms with Gasteiger partial charge in [-0.2, -0.15) is 0 Å². The number of fused-ring (bicyclic) bond motifs is 1. The zero-order valence-electron chi connectivity index (χ0n) is 27.1. The Morgan fingerprint density at radius 1 is 1.17 bits per heavy atom. The number of ether oxygens (including phenoxy) is 1. The van der Waals surface area contributed by atoms with E-state index in [1.165, 1.54) is 12.8 Å². The lowest BCUT2D eigenvalue weighted by molar-refractivity contribution is 0.0841. The minimum atomic E-state index is -0.718. The SMILES string of the molecule is CC(C)(C)N1CCN(c2cc(C(=O)NCC(O)CN3CCc4c(ccc(OCc5cnco5)c4Cl)C3)cc(NC3CCC3)n2)CC1. The minimum Gasteiger partial charge on any atom is -0.484 e. The molecule has 3 aliphatic rings. The molecule has 1 aliphatic carbocycles. The molecule has 0 bridgehead atoms. The number of benzene rings is 1. The summed E-state index contributed by atoms with van der Waals surface area (Å²) in [4.78, 5) is 29.1. The Labute approximate surface area is 276 Å². The van der Waals surface area contributed by atoms with Crippen molar-refractivity contribution >= 4 is 29.1 Å². The van der Waals surface area contributed by atoms with Gasteiger partial charge in [-0.1, -0.05) is 17.7 Å². The van der Waals surface area contributed by atoms with Crippen LogP contribution in [0.15, 0.2) is 41.3 Å². The van der Waals surface area contributed by atoms with Gasteiger partial charge in [0.2, 0.25) is 0 Å². The van der Waals surface area contributed by atoms with Crippen LogP contribution in [0.25, 0.3) is 0 Å². The maximum Gasteiger partial charge on any atom is 0.251 e. The number of β-amino-alcohol motifs (C(OH)–C–C–N with tert-alkyl or cyclic N) is 1. The highest BCUT2D eigenvalue weighted by atomic mass is 35.5. The molecule has 12 heteroatoms. The first-order valence-corrected chi connectivity index (χ1v) is 16.8. The number of nitrogens with zero attached hydrogens (tertiary/aromatic N) is 5. The number of carbonyl (C=O) groups is 1. The fourth-order valence-electron chi connectivity index (χ4n) is 6.30. The molecule has 1 amide bonds. The summed E-state index contributed by atoms with van der Waals surface area (Å²) in [5.41, 5.74) is 2.86. The van der Waals surface area contributed by atoms with E-state index in [2.05, 4.69) is 51.1 Å². The molecule has 3 aromatic rings. The smallest absolute Gasteiger partial charge is 0.251 e. The lowest BCUT2D eigenvalue weighted by atomic mass is 9.93. The van der Waals surface area contributed by atoms with Gasteiger partial charge in [0, 0.05) is 69.5 Å². The van der Waals surface area contributed by atoms with E-state index in [9.17, 15) is 9.90 Å². The van der Waals surface area contributed by atoms with Crippen molar-refractivity contribution < 1.29 is 19.1 Å². The maximum absolute atomic E-state index is 13.4. The summed E-state index contributed by atoms with van der Waals surface area (Å²) in [5.74, 6) is 2.60. The first kappa shape index (κ1) is 32.6. The van der Waals surface area contributed by atoms with Crippen molar-refractivity contribution in [3.63, 3.8) is 0 Å². The van der Waals surface area contributed by atoms with Crippen LogP contribution in [-0.2, 0) is 19.6 Å². The van der Waals surface area contributed by atoms with Crippen molar-refractivity contribution in [3.8, 4) is 5.75 Å². The molecule has 2 aromatic heterocycles. The number of carbonyl (C=O) groups excluding carboxylic acids is 1. The number of aliphatic hydroxyl groups excluding tert-OH is 1. The Morgan fingerprint density at radius 3 is 2.67 bits per heavy atom. The van der Waals surface area contributed by atoms with Gasteiger partial charge >= 0.3 is 0 Å². The summed E-state index contributed by atoms with van der Waals surface area (Å²) in [6.45, 7) is 12.6. The number of rotatable bonds is 11. The first-order valence-electron chi connectivity index (χ1n) is 16.4. The molecule has 46 heavy (non-hydrogen) atoms. The highest BCUT2D eigenvalue weighted by Gasteiger charge is 2.28. The quantitative estimate of drug-likeness (QED) is 0.276. The number of hydrogen-bond acceptors (Lipinski definition) is 10. The molecule has 2 fully saturated rings. The largest absolute Gasteiger partial charge is 0.484 e. The van der Waals surface area contributed by atoms with Crippen molar-refractivity contribution in [2.75, 3.05) is 56.0 Å². The molecule has 3 N–H and O–H groups in total. The van der Waals surface area contributed by atoms with Crippen molar-refractivity contribution in [1.29, 1.82) is 0 Å². The lowest BCUT2D eigenvalue weighted by Crippen LogP contribution is -2.53. The Hall–Kier alpha value is -3.38. The number of pyridine rings is 1. The molecule has 6 rings (SSSR count). The van der Waals surface area contributed by atoms with Crippen LogP contribution in [0.3, 0.4) is 0 Å². The number of aliphatic hydroxyl groups is 1. The summed E-state index contributed by atoms with van der Waals surface area (Å²) < 4.78 is 11.1. The van der Waals surface area contributed by atoms with Crippen molar-refractivity contribution in [2.24, 2.45) is 0 Å². The van der Waals surface area contributed by atoms with E-state index >= 15 is 0 Å². The van der Waals surface area contributed by atoms with Crippen LogP contribution >= 0.6 is 11.6 Å². The number of oxazole rings is 1. The number of amides is 1. The van der Waals surface area contributed by atoms with Gasteiger partial charge in [0.05, 0.1) is 17.3 Å². The molecule has 1 atom stereocenters. The molecule has 1 unspecified atom stereocenters. The molecule has 1 saturated carbocycles. The molecule has 4 heterocycles. The lowest BCUT2D eigenvalue weighted by Gasteiger charge is -2.42. The standard InChI is InChI=1S/C34H46ClN7O4/c1-34(2,3)42-13-11-41(12-14-42)31-16-24(15-30(39-31)38-25-5-4-6-25)33(44)37-17-26(43)20-40-10-9-28-23(19-40)7-8-29(32(28)35)45-21-27-18-36-22-46-27/h7-8,15-16,18,22,25-26,43H,4-6,9-14,17,19-21H2,1-3H3,(H,37,44)(H,38,39).